The number of carbonyl (C=O) groups is 1. The average Bonchev–Trinajstić information content (AvgIpc) is 2.16. The molecule has 4 heteroatoms. The minimum absolute atomic E-state index is 0.127. The predicted molar refractivity (Wildman–Crippen MR) is 54.0 cm³/mol. The van der Waals surface area contributed by atoms with E-state index >= 15 is 0 Å². The molecule has 0 aliphatic carbocycles. The first kappa shape index (κ1) is 10.4. The van der Waals surface area contributed by atoms with Gasteiger partial charge in [0.05, 0.1) is 0 Å². The minimum Gasteiger partial charge on any atom is -0.508 e. The molecule has 0 atom stereocenters. The van der Waals surface area contributed by atoms with Crippen LogP contribution in [0.1, 0.15) is 5.56 Å². The number of benzene rings is 1. The Balaban J connectivity index is 2.46. The lowest BCUT2D eigenvalue weighted by molar-refractivity contribution is 0.217. The standard InChI is InChI=1S/C10H14N2O2/c1-12(2)10(14)11-7-8-3-5-9(13)6-4-8/h3-6,13H,7H2,1-2H3,(H,11,14). The normalized spacial score (nSPS) is 9.57. The molecule has 0 spiro atoms. The molecule has 0 saturated carbocycles. The Morgan fingerprint density at radius 3 is 2.43 bits per heavy atom. The maximum atomic E-state index is 11.1. The molecule has 1 rings (SSSR count). The second-order valence-electron chi connectivity index (χ2n) is 3.22. The van der Waals surface area contributed by atoms with Crippen LogP contribution in [0.2, 0.25) is 0 Å². The molecule has 0 radical (unpaired) electrons. The fourth-order valence-electron chi connectivity index (χ4n) is 0.950. The van der Waals surface area contributed by atoms with Crippen LogP contribution in [-0.4, -0.2) is 30.1 Å². The van der Waals surface area contributed by atoms with Crippen molar-refractivity contribution in [3.63, 3.8) is 0 Å². The van der Waals surface area contributed by atoms with Crippen LogP contribution in [0.3, 0.4) is 0 Å². The predicted octanol–water partition coefficient (Wildman–Crippen LogP) is 1.16. The Morgan fingerprint density at radius 1 is 1.36 bits per heavy atom. The number of carbonyl (C=O) groups excluding carboxylic acids is 1. The lowest BCUT2D eigenvalue weighted by Crippen LogP contribution is -2.33. The molecule has 2 N–H and O–H groups in total. The van der Waals surface area contributed by atoms with Gasteiger partial charge in [0, 0.05) is 20.6 Å². The first-order chi connectivity index (χ1) is 6.59. The van der Waals surface area contributed by atoms with Crippen LogP contribution < -0.4 is 5.32 Å². The van der Waals surface area contributed by atoms with E-state index in [1.807, 2.05) is 0 Å². The summed E-state index contributed by atoms with van der Waals surface area (Å²) in [5.74, 6) is 0.229. The highest BCUT2D eigenvalue weighted by Crippen LogP contribution is 2.08. The van der Waals surface area contributed by atoms with Gasteiger partial charge in [-0.2, -0.15) is 0 Å². The maximum absolute atomic E-state index is 11.1. The summed E-state index contributed by atoms with van der Waals surface area (Å²) >= 11 is 0. The quantitative estimate of drug-likeness (QED) is 0.742. The van der Waals surface area contributed by atoms with Crippen LogP contribution in [0, 0.1) is 0 Å². The Labute approximate surface area is 83.2 Å². The van der Waals surface area contributed by atoms with Gasteiger partial charge in [-0.25, -0.2) is 4.79 Å². The van der Waals surface area contributed by atoms with E-state index < -0.39 is 0 Å². The van der Waals surface area contributed by atoms with Gasteiger partial charge in [0.25, 0.3) is 0 Å². The van der Waals surface area contributed by atoms with Gasteiger partial charge < -0.3 is 15.3 Å². The third kappa shape index (κ3) is 2.97. The number of urea groups is 1. The summed E-state index contributed by atoms with van der Waals surface area (Å²) in [6.45, 7) is 0.470. The van der Waals surface area contributed by atoms with Crippen LogP contribution in [0.25, 0.3) is 0 Å². The Bertz CT molecular complexity index is 306. The molecule has 0 unspecified atom stereocenters. The second kappa shape index (κ2) is 4.50. The van der Waals surface area contributed by atoms with E-state index in [-0.39, 0.29) is 11.8 Å². The van der Waals surface area contributed by atoms with E-state index in [4.69, 9.17) is 5.11 Å². The number of hydrogen-bond donors (Lipinski definition) is 2. The molecule has 0 aromatic heterocycles. The molecule has 1 aromatic rings. The summed E-state index contributed by atoms with van der Waals surface area (Å²) in [6, 6.07) is 6.60. The molecular weight excluding hydrogens is 180 g/mol. The summed E-state index contributed by atoms with van der Waals surface area (Å²) in [7, 11) is 3.37. The first-order valence-electron chi connectivity index (χ1n) is 4.32. The van der Waals surface area contributed by atoms with Gasteiger partial charge in [-0.1, -0.05) is 12.1 Å². The van der Waals surface area contributed by atoms with E-state index in [9.17, 15) is 4.79 Å². The third-order valence-corrected chi connectivity index (χ3v) is 1.79. The van der Waals surface area contributed by atoms with Crippen molar-refractivity contribution in [3.05, 3.63) is 29.8 Å². The molecule has 14 heavy (non-hydrogen) atoms. The van der Waals surface area contributed by atoms with Crippen LogP contribution >= 0.6 is 0 Å². The summed E-state index contributed by atoms with van der Waals surface area (Å²) in [4.78, 5) is 12.6. The Kier molecular flexibility index (Phi) is 3.34. The highest BCUT2D eigenvalue weighted by molar-refractivity contribution is 5.73. The van der Waals surface area contributed by atoms with Crippen LogP contribution in [0.5, 0.6) is 5.75 Å². The molecule has 0 heterocycles. The summed E-state index contributed by atoms with van der Waals surface area (Å²) < 4.78 is 0. The van der Waals surface area contributed by atoms with E-state index in [2.05, 4.69) is 5.32 Å². The summed E-state index contributed by atoms with van der Waals surface area (Å²) in [5.41, 5.74) is 0.956. The molecule has 0 aliphatic heterocycles. The molecule has 1 aromatic carbocycles. The van der Waals surface area contributed by atoms with Crippen LogP contribution in [0.4, 0.5) is 4.79 Å². The van der Waals surface area contributed by atoms with E-state index in [0.717, 1.165) is 5.56 Å². The highest BCUT2D eigenvalue weighted by atomic mass is 16.3. The van der Waals surface area contributed by atoms with E-state index in [0.29, 0.717) is 6.54 Å². The van der Waals surface area contributed by atoms with Gasteiger partial charge in [0.15, 0.2) is 0 Å². The zero-order chi connectivity index (χ0) is 10.6. The first-order valence-corrected chi connectivity index (χ1v) is 4.32. The zero-order valence-electron chi connectivity index (χ0n) is 8.32. The van der Waals surface area contributed by atoms with Gasteiger partial charge in [0.2, 0.25) is 0 Å². The number of phenolic OH excluding ortho intramolecular Hbond substituents is 1. The van der Waals surface area contributed by atoms with Crippen molar-refractivity contribution in [1.29, 1.82) is 0 Å². The van der Waals surface area contributed by atoms with Crippen molar-refractivity contribution in [2.24, 2.45) is 0 Å². The van der Waals surface area contributed by atoms with Gasteiger partial charge in [0.1, 0.15) is 5.75 Å². The van der Waals surface area contributed by atoms with Crippen molar-refractivity contribution in [2.75, 3.05) is 14.1 Å². The van der Waals surface area contributed by atoms with Crippen LogP contribution in [-0.2, 0) is 6.54 Å². The summed E-state index contributed by atoms with van der Waals surface area (Å²) in [5, 5.41) is 11.7. The Hall–Kier alpha value is -1.71. The number of amides is 2. The highest BCUT2D eigenvalue weighted by Gasteiger charge is 2.01. The smallest absolute Gasteiger partial charge is 0.317 e. The fraction of sp³-hybridized carbons (Fsp3) is 0.300. The number of nitrogens with one attached hydrogen (secondary N) is 1. The molecule has 0 aliphatic rings. The van der Waals surface area contributed by atoms with E-state index in [1.54, 1.807) is 38.4 Å². The fourth-order valence-corrected chi connectivity index (χ4v) is 0.950. The molecule has 0 fully saturated rings. The molecule has 2 amide bonds. The van der Waals surface area contributed by atoms with Crippen molar-refractivity contribution in [3.8, 4) is 5.75 Å². The van der Waals surface area contributed by atoms with Crippen molar-refractivity contribution in [1.82, 2.24) is 10.2 Å². The number of rotatable bonds is 2. The number of nitrogens with zero attached hydrogens (tertiary/aromatic N) is 1. The Morgan fingerprint density at radius 2 is 1.93 bits per heavy atom. The number of hydrogen-bond acceptors (Lipinski definition) is 2. The molecule has 0 bridgehead atoms. The molecular formula is C10H14N2O2. The second-order valence-corrected chi connectivity index (χ2v) is 3.22. The minimum atomic E-state index is -0.127. The molecule has 4 nitrogen and oxygen atoms in total. The monoisotopic (exact) mass is 194 g/mol. The van der Waals surface area contributed by atoms with Gasteiger partial charge in [-0.15, -0.1) is 0 Å². The number of aromatic hydroxyl groups is 1. The lowest BCUT2D eigenvalue weighted by atomic mass is 10.2. The van der Waals surface area contributed by atoms with E-state index in [1.165, 1.54) is 4.90 Å². The summed E-state index contributed by atoms with van der Waals surface area (Å²) in [6.07, 6.45) is 0. The number of phenols is 1. The van der Waals surface area contributed by atoms with Gasteiger partial charge in [-0.05, 0) is 17.7 Å². The van der Waals surface area contributed by atoms with Crippen molar-refractivity contribution in [2.45, 2.75) is 6.54 Å². The van der Waals surface area contributed by atoms with Crippen molar-refractivity contribution >= 4 is 6.03 Å². The van der Waals surface area contributed by atoms with Gasteiger partial charge in [-0.3, -0.25) is 0 Å². The largest absolute Gasteiger partial charge is 0.508 e. The SMILES string of the molecule is CN(C)C(=O)NCc1ccc(O)cc1. The molecule has 0 saturated heterocycles. The zero-order valence-corrected chi connectivity index (χ0v) is 8.32. The van der Waals surface area contributed by atoms with Gasteiger partial charge >= 0.3 is 6.03 Å². The third-order valence-electron chi connectivity index (χ3n) is 1.79. The topological polar surface area (TPSA) is 52.6 Å². The average molecular weight is 194 g/mol. The van der Waals surface area contributed by atoms with Crippen LogP contribution in [0.15, 0.2) is 24.3 Å². The lowest BCUT2D eigenvalue weighted by Gasteiger charge is -2.11. The molecule has 76 valence electrons. The van der Waals surface area contributed by atoms with Crippen molar-refractivity contribution < 1.29 is 9.90 Å². The maximum Gasteiger partial charge on any atom is 0.317 e.